The second-order valence-electron chi connectivity index (χ2n) is 5.77. The highest BCUT2D eigenvalue weighted by molar-refractivity contribution is 9.10. The number of benzene rings is 1. The van der Waals surface area contributed by atoms with Crippen LogP contribution in [0.5, 0.6) is 5.75 Å². The molecule has 0 aliphatic carbocycles. The van der Waals surface area contributed by atoms with Gasteiger partial charge in [-0.15, -0.1) is 0 Å². The normalized spacial score (nSPS) is 12.8. The van der Waals surface area contributed by atoms with Crippen molar-refractivity contribution in [2.24, 2.45) is 11.1 Å². The van der Waals surface area contributed by atoms with Gasteiger partial charge in [-0.1, -0.05) is 22.0 Å². The summed E-state index contributed by atoms with van der Waals surface area (Å²) in [7, 11) is 0. The van der Waals surface area contributed by atoms with Crippen molar-refractivity contribution in [2.45, 2.75) is 46.1 Å². The summed E-state index contributed by atoms with van der Waals surface area (Å²) in [6.45, 7) is 6.54. The highest BCUT2D eigenvalue weighted by Crippen LogP contribution is 2.28. The van der Waals surface area contributed by atoms with Gasteiger partial charge in [0.15, 0.2) is 0 Å². The van der Waals surface area contributed by atoms with E-state index in [0.29, 0.717) is 6.61 Å². The van der Waals surface area contributed by atoms with Crippen molar-refractivity contribution < 1.29 is 4.74 Å². The van der Waals surface area contributed by atoms with Crippen molar-refractivity contribution in [3.8, 4) is 11.8 Å². The zero-order chi connectivity index (χ0) is 15.2. The quantitative estimate of drug-likeness (QED) is 0.741. The summed E-state index contributed by atoms with van der Waals surface area (Å²) in [5, 5.41) is 8.96. The minimum absolute atomic E-state index is 0.0457. The molecule has 1 rings (SSSR count). The number of hydrogen-bond donors (Lipinski definition) is 1. The molecule has 0 fully saturated rings. The van der Waals surface area contributed by atoms with Gasteiger partial charge in [0.05, 0.1) is 18.1 Å². The smallest absolute Gasteiger partial charge is 0.125 e. The van der Waals surface area contributed by atoms with Crippen LogP contribution in [0.15, 0.2) is 22.7 Å². The first-order chi connectivity index (χ1) is 9.35. The Labute approximate surface area is 130 Å². The summed E-state index contributed by atoms with van der Waals surface area (Å²) in [5.74, 6) is 0.842. The number of nitrogens with two attached hydrogens (primary N) is 1. The molecule has 0 saturated carbocycles. The molecule has 0 radical (unpaired) electrons. The van der Waals surface area contributed by atoms with Crippen LogP contribution in [0.4, 0.5) is 0 Å². The van der Waals surface area contributed by atoms with Crippen LogP contribution in [0.25, 0.3) is 0 Å². The molecule has 3 nitrogen and oxygen atoms in total. The average Bonchev–Trinajstić information content (AvgIpc) is 2.38. The zero-order valence-corrected chi connectivity index (χ0v) is 14.0. The van der Waals surface area contributed by atoms with Gasteiger partial charge >= 0.3 is 0 Å². The first-order valence-corrected chi connectivity index (χ1v) is 7.74. The Kier molecular flexibility index (Phi) is 6.51. The number of rotatable bonds is 7. The Morgan fingerprint density at radius 3 is 2.70 bits per heavy atom. The van der Waals surface area contributed by atoms with Crippen molar-refractivity contribution in [1.82, 2.24) is 0 Å². The molecule has 0 spiro atoms. The molecule has 0 amide bonds. The molecular formula is C16H23BrN2O. The third-order valence-corrected chi connectivity index (χ3v) is 3.72. The Bertz CT molecular complexity index is 478. The fourth-order valence-corrected chi connectivity index (χ4v) is 2.26. The average molecular weight is 339 g/mol. The summed E-state index contributed by atoms with van der Waals surface area (Å²) < 4.78 is 6.82. The van der Waals surface area contributed by atoms with Crippen LogP contribution in [0.1, 0.15) is 51.6 Å². The van der Waals surface area contributed by atoms with Crippen LogP contribution < -0.4 is 10.5 Å². The number of ether oxygens (including phenoxy) is 1. The highest BCUT2D eigenvalue weighted by atomic mass is 79.9. The van der Waals surface area contributed by atoms with Gasteiger partial charge in [0.2, 0.25) is 0 Å². The summed E-state index contributed by atoms with van der Waals surface area (Å²) in [5.41, 5.74) is 6.71. The summed E-state index contributed by atoms with van der Waals surface area (Å²) >= 11 is 3.45. The number of unbranched alkanes of at least 4 members (excludes halogenated alkanes) is 1. The van der Waals surface area contributed by atoms with Gasteiger partial charge in [0, 0.05) is 16.1 Å². The highest BCUT2D eigenvalue weighted by Gasteiger charge is 2.15. The van der Waals surface area contributed by atoms with Crippen molar-refractivity contribution in [2.75, 3.05) is 6.61 Å². The molecule has 2 N–H and O–H groups in total. The molecule has 4 heteroatoms. The SMILES string of the molecule is C[C@H](N)c1ccc(Br)cc1OCCCCC(C)(C)C#N. The van der Waals surface area contributed by atoms with Gasteiger partial charge < -0.3 is 10.5 Å². The van der Waals surface area contributed by atoms with E-state index in [4.69, 9.17) is 15.7 Å². The Balaban J connectivity index is 2.46. The molecule has 0 aliphatic heterocycles. The molecular weight excluding hydrogens is 316 g/mol. The first kappa shape index (κ1) is 17.0. The summed E-state index contributed by atoms with van der Waals surface area (Å²) in [4.78, 5) is 0. The summed E-state index contributed by atoms with van der Waals surface area (Å²) in [6.07, 6.45) is 2.82. The lowest BCUT2D eigenvalue weighted by Crippen LogP contribution is -2.10. The van der Waals surface area contributed by atoms with Crippen molar-refractivity contribution >= 4 is 15.9 Å². The molecule has 0 aromatic heterocycles. The molecule has 0 heterocycles. The number of hydrogen-bond acceptors (Lipinski definition) is 3. The second kappa shape index (κ2) is 7.66. The van der Waals surface area contributed by atoms with Crippen LogP contribution >= 0.6 is 15.9 Å². The van der Waals surface area contributed by atoms with Gasteiger partial charge in [-0.2, -0.15) is 5.26 Å². The maximum absolute atomic E-state index is 8.96. The van der Waals surface area contributed by atoms with Crippen molar-refractivity contribution in [3.63, 3.8) is 0 Å². The Morgan fingerprint density at radius 2 is 2.10 bits per heavy atom. The predicted molar refractivity (Wildman–Crippen MR) is 85.5 cm³/mol. The lowest BCUT2D eigenvalue weighted by atomic mass is 9.89. The third-order valence-electron chi connectivity index (χ3n) is 3.22. The lowest BCUT2D eigenvalue weighted by Gasteiger charge is -2.16. The van der Waals surface area contributed by atoms with Gasteiger partial charge in [0.1, 0.15) is 5.75 Å². The maximum Gasteiger partial charge on any atom is 0.125 e. The van der Waals surface area contributed by atoms with Crippen LogP contribution in [-0.2, 0) is 0 Å². The van der Waals surface area contributed by atoms with Crippen LogP contribution in [-0.4, -0.2) is 6.61 Å². The molecule has 20 heavy (non-hydrogen) atoms. The molecule has 0 unspecified atom stereocenters. The molecule has 0 saturated heterocycles. The van der Waals surface area contributed by atoms with Crippen molar-refractivity contribution in [1.29, 1.82) is 5.26 Å². The van der Waals surface area contributed by atoms with Gasteiger partial charge in [-0.05, 0) is 52.2 Å². The zero-order valence-electron chi connectivity index (χ0n) is 12.4. The van der Waals surface area contributed by atoms with E-state index in [2.05, 4.69) is 22.0 Å². The monoisotopic (exact) mass is 338 g/mol. The molecule has 1 aromatic rings. The van der Waals surface area contributed by atoms with E-state index in [-0.39, 0.29) is 11.5 Å². The van der Waals surface area contributed by atoms with E-state index in [1.165, 1.54) is 0 Å². The fourth-order valence-electron chi connectivity index (χ4n) is 1.92. The molecule has 1 atom stereocenters. The molecule has 0 bridgehead atoms. The lowest BCUT2D eigenvalue weighted by molar-refractivity contribution is 0.291. The predicted octanol–water partition coefficient (Wildman–Crippen LogP) is 4.57. The number of nitrogens with zero attached hydrogens (tertiary/aromatic N) is 1. The van der Waals surface area contributed by atoms with Gasteiger partial charge in [-0.25, -0.2) is 0 Å². The van der Waals surface area contributed by atoms with E-state index in [1.54, 1.807) is 0 Å². The Hall–Kier alpha value is -1.05. The van der Waals surface area contributed by atoms with E-state index >= 15 is 0 Å². The van der Waals surface area contributed by atoms with Crippen LogP contribution in [0.3, 0.4) is 0 Å². The largest absolute Gasteiger partial charge is 0.493 e. The Morgan fingerprint density at radius 1 is 1.40 bits per heavy atom. The first-order valence-electron chi connectivity index (χ1n) is 6.95. The third kappa shape index (κ3) is 5.52. The number of nitriles is 1. The molecule has 0 aliphatic rings. The maximum atomic E-state index is 8.96. The van der Waals surface area contributed by atoms with Gasteiger partial charge in [-0.3, -0.25) is 0 Å². The minimum Gasteiger partial charge on any atom is -0.493 e. The fraction of sp³-hybridized carbons (Fsp3) is 0.562. The van der Waals surface area contributed by atoms with Crippen molar-refractivity contribution in [3.05, 3.63) is 28.2 Å². The van der Waals surface area contributed by atoms with E-state index in [0.717, 1.165) is 35.0 Å². The minimum atomic E-state index is -0.243. The van der Waals surface area contributed by atoms with Crippen LogP contribution in [0.2, 0.25) is 0 Å². The van der Waals surface area contributed by atoms with Crippen LogP contribution in [0, 0.1) is 16.7 Å². The number of halogens is 1. The molecule has 1 aromatic carbocycles. The second-order valence-corrected chi connectivity index (χ2v) is 6.69. The standard InChI is InChI=1S/C16H23BrN2O/c1-12(19)14-7-6-13(17)10-15(14)20-9-5-4-8-16(2,3)11-18/h6-7,10,12H,4-5,8-9,19H2,1-3H3/t12-/m0/s1. The van der Waals surface area contributed by atoms with E-state index in [9.17, 15) is 0 Å². The van der Waals surface area contributed by atoms with Gasteiger partial charge in [0.25, 0.3) is 0 Å². The summed E-state index contributed by atoms with van der Waals surface area (Å²) in [6, 6.07) is 8.19. The van der Waals surface area contributed by atoms with E-state index in [1.807, 2.05) is 39.0 Å². The van der Waals surface area contributed by atoms with E-state index < -0.39 is 0 Å². The molecule has 110 valence electrons. The topological polar surface area (TPSA) is 59.0 Å².